The number of aryl methyl sites for hydroxylation is 1. The number of hydrogen-bond donors (Lipinski definition) is 1. The minimum absolute atomic E-state index is 0.0587. The Morgan fingerprint density at radius 2 is 1.77 bits per heavy atom. The number of nitrogens with two attached hydrogens (primary N) is 1. The number of halogens is 3. The van der Waals surface area contributed by atoms with E-state index in [1.54, 1.807) is 38.2 Å². The molecule has 0 fully saturated rings. The van der Waals surface area contributed by atoms with Crippen LogP contribution >= 0.6 is 0 Å². The van der Waals surface area contributed by atoms with Gasteiger partial charge in [0, 0.05) is 17.5 Å². The highest BCUT2D eigenvalue weighted by Crippen LogP contribution is 2.40. The van der Waals surface area contributed by atoms with E-state index in [2.05, 4.69) is 4.98 Å². The number of rotatable bonds is 8. The molecule has 160 valence electrons. The van der Waals surface area contributed by atoms with Gasteiger partial charge in [-0.2, -0.15) is 18.4 Å². The molecule has 2 aromatic rings. The zero-order chi connectivity index (χ0) is 22.5. The van der Waals surface area contributed by atoms with Crippen molar-refractivity contribution in [3.8, 4) is 17.2 Å². The van der Waals surface area contributed by atoms with E-state index in [4.69, 9.17) is 11.0 Å². The third-order valence-corrected chi connectivity index (χ3v) is 4.79. The molecule has 30 heavy (non-hydrogen) atoms. The second-order valence-corrected chi connectivity index (χ2v) is 7.63. The zero-order valence-electron chi connectivity index (χ0n) is 17.1. The summed E-state index contributed by atoms with van der Waals surface area (Å²) in [7, 11) is 0. The number of primary amides is 1. The number of benzene rings is 1. The maximum absolute atomic E-state index is 14.1. The van der Waals surface area contributed by atoms with E-state index in [-0.39, 0.29) is 17.9 Å². The quantitative estimate of drug-likeness (QED) is 0.645. The van der Waals surface area contributed by atoms with Gasteiger partial charge in [0.15, 0.2) is 0 Å². The highest BCUT2D eigenvalue weighted by Gasteiger charge is 2.47. The van der Waals surface area contributed by atoms with Crippen molar-refractivity contribution in [2.75, 3.05) is 6.54 Å². The predicted molar refractivity (Wildman–Crippen MR) is 108 cm³/mol. The van der Waals surface area contributed by atoms with Crippen molar-refractivity contribution < 1.29 is 18.0 Å². The second-order valence-electron chi connectivity index (χ2n) is 7.63. The number of hydrogen-bond acceptors (Lipinski definition) is 4. The Hall–Kier alpha value is -2.92. The first-order valence-corrected chi connectivity index (χ1v) is 9.56. The Labute approximate surface area is 174 Å². The summed E-state index contributed by atoms with van der Waals surface area (Å²) in [6, 6.07) is 7.96. The Balaban J connectivity index is 2.48. The molecule has 0 unspecified atom stereocenters. The van der Waals surface area contributed by atoms with E-state index >= 15 is 0 Å². The van der Waals surface area contributed by atoms with E-state index in [1.165, 1.54) is 12.1 Å². The SMILES string of the molecule is Cc1ccc(-c2ccc([C@@H](N(CC#N)[C@@H](CC(C)C)C(N)=O)C(F)(F)F)cc2)cn1. The van der Waals surface area contributed by atoms with Crippen molar-refractivity contribution in [1.82, 2.24) is 9.88 Å². The number of nitriles is 1. The number of alkyl halides is 3. The summed E-state index contributed by atoms with van der Waals surface area (Å²) in [5.74, 6) is -0.954. The van der Waals surface area contributed by atoms with Gasteiger partial charge >= 0.3 is 6.18 Å². The number of carbonyl (C=O) groups is 1. The summed E-state index contributed by atoms with van der Waals surface area (Å²) in [5.41, 5.74) is 7.69. The summed E-state index contributed by atoms with van der Waals surface area (Å²) >= 11 is 0. The first-order valence-electron chi connectivity index (χ1n) is 9.56. The Bertz CT molecular complexity index is 887. The average Bonchev–Trinajstić information content (AvgIpc) is 2.66. The van der Waals surface area contributed by atoms with Gasteiger partial charge in [-0.25, -0.2) is 0 Å². The lowest BCUT2D eigenvalue weighted by atomic mass is 9.95. The molecule has 1 amide bonds. The van der Waals surface area contributed by atoms with E-state index in [0.717, 1.165) is 16.2 Å². The molecule has 0 aliphatic rings. The molecule has 0 saturated carbocycles. The number of nitrogens with zero attached hydrogens (tertiary/aromatic N) is 3. The highest BCUT2D eigenvalue weighted by molar-refractivity contribution is 5.80. The van der Waals surface area contributed by atoms with Crippen LogP contribution in [-0.2, 0) is 4.79 Å². The van der Waals surface area contributed by atoms with Crippen LogP contribution in [0.25, 0.3) is 11.1 Å². The van der Waals surface area contributed by atoms with Gasteiger partial charge < -0.3 is 5.73 Å². The molecule has 0 spiro atoms. The van der Waals surface area contributed by atoms with Gasteiger partial charge in [0.2, 0.25) is 5.91 Å². The molecule has 1 heterocycles. The minimum Gasteiger partial charge on any atom is -0.368 e. The molecular weight excluding hydrogens is 393 g/mol. The number of pyridine rings is 1. The lowest BCUT2D eigenvalue weighted by Crippen LogP contribution is -2.51. The summed E-state index contributed by atoms with van der Waals surface area (Å²) in [6.07, 6.45) is -2.93. The molecule has 0 aliphatic heterocycles. The molecule has 0 bridgehead atoms. The van der Waals surface area contributed by atoms with Crippen LogP contribution in [0.3, 0.4) is 0 Å². The zero-order valence-corrected chi connectivity index (χ0v) is 17.1. The molecule has 0 radical (unpaired) electrons. The van der Waals surface area contributed by atoms with Crippen molar-refractivity contribution in [1.29, 1.82) is 5.26 Å². The molecular formula is C22H25F3N4O. The smallest absolute Gasteiger partial charge is 0.368 e. The van der Waals surface area contributed by atoms with Gasteiger partial charge in [0.25, 0.3) is 0 Å². The first kappa shape index (κ1) is 23.4. The summed E-state index contributed by atoms with van der Waals surface area (Å²) in [6.45, 7) is 4.84. The van der Waals surface area contributed by atoms with Crippen LogP contribution in [0.1, 0.15) is 37.6 Å². The van der Waals surface area contributed by atoms with Crippen LogP contribution < -0.4 is 5.73 Å². The monoisotopic (exact) mass is 418 g/mol. The van der Waals surface area contributed by atoms with Crippen molar-refractivity contribution >= 4 is 5.91 Å². The normalized spacial score (nSPS) is 13.8. The Kier molecular flexibility index (Phi) is 7.57. The Morgan fingerprint density at radius 1 is 1.17 bits per heavy atom. The third-order valence-electron chi connectivity index (χ3n) is 4.79. The second kappa shape index (κ2) is 9.72. The number of aromatic nitrogens is 1. The van der Waals surface area contributed by atoms with Gasteiger partial charge in [-0.1, -0.05) is 44.2 Å². The molecule has 5 nitrogen and oxygen atoms in total. The van der Waals surface area contributed by atoms with Gasteiger partial charge in [-0.05, 0) is 36.5 Å². The fourth-order valence-electron chi connectivity index (χ4n) is 3.39. The first-order chi connectivity index (χ1) is 14.0. The Morgan fingerprint density at radius 3 is 2.20 bits per heavy atom. The van der Waals surface area contributed by atoms with Gasteiger partial charge in [-0.15, -0.1) is 0 Å². The van der Waals surface area contributed by atoms with E-state index in [1.807, 2.05) is 19.1 Å². The fraction of sp³-hybridized carbons (Fsp3) is 0.409. The highest BCUT2D eigenvalue weighted by atomic mass is 19.4. The van der Waals surface area contributed by atoms with Crippen molar-refractivity contribution in [3.63, 3.8) is 0 Å². The molecule has 2 rings (SSSR count). The van der Waals surface area contributed by atoms with Gasteiger partial charge in [0.1, 0.15) is 6.04 Å². The van der Waals surface area contributed by atoms with Crippen LogP contribution in [0.2, 0.25) is 0 Å². The topological polar surface area (TPSA) is 83.0 Å². The van der Waals surface area contributed by atoms with Crippen LogP contribution in [-0.4, -0.2) is 34.6 Å². The van der Waals surface area contributed by atoms with Crippen LogP contribution in [0.4, 0.5) is 13.2 Å². The molecule has 0 aliphatic carbocycles. The molecule has 2 N–H and O–H groups in total. The number of amides is 1. The standard InChI is InChI=1S/C22H25F3N4O/c1-14(2)12-19(21(27)30)29(11-10-26)20(22(23,24)25)17-8-6-16(7-9-17)18-5-4-15(3)28-13-18/h4-9,13-14,19-20H,11-12H2,1-3H3,(H2,27,30)/t19-,20+/m0/s1. The van der Waals surface area contributed by atoms with E-state index < -0.39 is 30.7 Å². The van der Waals surface area contributed by atoms with Gasteiger partial charge in [0.05, 0.1) is 18.7 Å². The largest absolute Gasteiger partial charge is 0.408 e. The summed E-state index contributed by atoms with van der Waals surface area (Å²) in [5, 5.41) is 9.16. The third kappa shape index (κ3) is 5.80. The summed E-state index contributed by atoms with van der Waals surface area (Å²) < 4.78 is 42.3. The van der Waals surface area contributed by atoms with Crippen molar-refractivity contribution in [2.45, 2.75) is 45.5 Å². The van der Waals surface area contributed by atoms with E-state index in [0.29, 0.717) is 5.56 Å². The molecule has 1 aromatic carbocycles. The lowest BCUT2D eigenvalue weighted by molar-refractivity contribution is -0.192. The van der Waals surface area contributed by atoms with Crippen LogP contribution in [0, 0.1) is 24.2 Å². The van der Waals surface area contributed by atoms with Crippen LogP contribution in [0.15, 0.2) is 42.6 Å². The molecule has 1 aromatic heterocycles. The molecule has 0 saturated heterocycles. The van der Waals surface area contributed by atoms with E-state index in [9.17, 15) is 18.0 Å². The molecule has 8 heteroatoms. The maximum Gasteiger partial charge on any atom is 0.408 e. The summed E-state index contributed by atoms with van der Waals surface area (Å²) in [4.78, 5) is 17.0. The average molecular weight is 418 g/mol. The van der Waals surface area contributed by atoms with Crippen molar-refractivity contribution in [3.05, 3.63) is 53.9 Å². The maximum atomic E-state index is 14.1. The predicted octanol–water partition coefficient (Wildman–Crippen LogP) is 4.39. The van der Waals surface area contributed by atoms with Crippen LogP contribution in [0.5, 0.6) is 0 Å². The number of carbonyl (C=O) groups excluding carboxylic acids is 1. The van der Waals surface area contributed by atoms with Gasteiger partial charge in [-0.3, -0.25) is 14.7 Å². The minimum atomic E-state index is -4.70. The molecule has 2 atom stereocenters. The lowest BCUT2D eigenvalue weighted by Gasteiger charge is -2.37. The fourth-order valence-corrected chi connectivity index (χ4v) is 3.39. The van der Waals surface area contributed by atoms with Crippen molar-refractivity contribution in [2.24, 2.45) is 11.7 Å².